The minimum atomic E-state index is -1.91. The maximum Gasteiger partial charge on any atom is 0.269 e. The summed E-state index contributed by atoms with van der Waals surface area (Å²) in [5.41, 5.74) is 2.93. The van der Waals surface area contributed by atoms with E-state index in [9.17, 15) is 10.1 Å². The van der Waals surface area contributed by atoms with E-state index in [0.29, 0.717) is 6.61 Å². The van der Waals surface area contributed by atoms with Crippen LogP contribution in [-0.4, -0.2) is 18.7 Å². The Morgan fingerprint density at radius 1 is 1.43 bits per heavy atom. The minimum Gasteiger partial charge on any atom is -0.412 e. The zero-order chi connectivity index (χ0) is 16.3. The first-order valence-corrected chi connectivity index (χ1v) is 10.1. The maximum absolute atomic E-state index is 10.9. The molecule has 116 valence electrons. The van der Waals surface area contributed by atoms with Crippen LogP contribution in [-0.2, 0) is 11.0 Å². The zero-order valence-electron chi connectivity index (χ0n) is 13.1. The van der Waals surface area contributed by atoms with Gasteiger partial charge in [0.25, 0.3) is 5.69 Å². The van der Waals surface area contributed by atoms with E-state index >= 15 is 0 Å². The molecular formula is C14H22N2O3SSi. The highest BCUT2D eigenvalue weighted by Gasteiger charge is 2.37. The average Bonchev–Trinajstić information content (AvgIpc) is 2.36. The molecule has 0 heterocycles. The molecular weight excluding hydrogens is 304 g/mol. The van der Waals surface area contributed by atoms with Gasteiger partial charge >= 0.3 is 0 Å². The summed E-state index contributed by atoms with van der Waals surface area (Å²) in [6.07, 6.45) is 0. The molecule has 0 atom stereocenters. The molecule has 21 heavy (non-hydrogen) atoms. The quantitative estimate of drug-likeness (QED) is 0.361. The predicted octanol–water partition coefficient (Wildman–Crippen LogP) is 4.49. The number of hydrogen-bond acceptors (Lipinski definition) is 4. The lowest BCUT2D eigenvalue weighted by molar-refractivity contribution is -0.384. The summed E-state index contributed by atoms with van der Waals surface area (Å²) in [4.78, 5) is 10.5. The lowest BCUT2D eigenvalue weighted by Crippen LogP contribution is -2.40. The van der Waals surface area contributed by atoms with Crippen molar-refractivity contribution in [2.75, 3.05) is 5.32 Å². The molecule has 0 aromatic heterocycles. The number of anilines is 1. The Hall–Kier alpha value is -1.31. The van der Waals surface area contributed by atoms with E-state index in [0.717, 1.165) is 11.3 Å². The van der Waals surface area contributed by atoms with Gasteiger partial charge in [0.1, 0.15) is 0 Å². The molecule has 0 aliphatic carbocycles. The fraction of sp³-hybridized carbons (Fsp3) is 0.500. The number of nitrogens with zero attached hydrogens (tertiary/aromatic N) is 1. The minimum absolute atomic E-state index is 0.0544. The molecule has 0 aliphatic heterocycles. The van der Waals surface area contributed by atoms with Crippen molar-refractivity contribution < 1.29 is 9.35 Å². The molecule has 1 rings (SSSR count). The van der Waals surface area contributed by atoms with E-state index in [-0.39, 0.29) is 10.7 Å². The first-order chi connectivity index (χ1) is 9.58. The van der Waals surface area contributed by atoms with Crippen LogP contribution in [0.4, 0.5) is 11.4 Å². The van der Waals surface area contributed by atoms with Crippen molar-refractivity contribution in [1.82, 2.24) is 0 Å². The Bertz CT molecular complexity index is 542. The molecule has 0 amide bonds. The highest BCUT2D eigenvalue weighted by atomic mass is 32.1. The summed E-state index contributed by atoms with van der Waals surface area (Å²) in [6.45, 7) is 11.1. The molecule has 1 aromatic rings. The first kappa shape index (κ1) is 17.7. The van der Waals surface area contributed by atoms with Crippen LogP contribution in [0.15, 0.2) is 18.2 Å². The summed E-state index contributed by atoms with van der Waals surface area (Å²) in [6, 6.07) is 4.65. The summed E-state index contributed by atoms with van der Waals surface area (Å²) < 4.78 is 6.13. The number of nitro groups is 1. The molecule has 0 fully saturated rings. The van der Waals surface area contributed by atoms with Gasteiger partial charge in [0.05, 0.1) is 17.0 Å². The third-order valence-corrected chi connectivity index (χ3v) is 8.51. The summed E-state index contributed by atoms with van der Waals surface area (Å²) in [5, 5.41) is 13.9. The SMILES string of the molecule is CC(C)(C)[Si](C)(C)OCc1cc([N+](=O)[O-])ccc1NC=S. The van der Waals surface area contributed by atoms with Crippen molar-refractivity contribution in [2.45, 2.75) is 45.5 Å². The van der Waals surface area contributed by atoms with Gasteiger partial charge in [-0.2, -0.15) is 0 Å². The second-order valence-electron chi connectivity index (χ2n) is 6.41. The number of thiocarbonyl (C=S) groups is 1. The Labute approximate surface area is 132 Å². The third kappa shape index (κ3) is 4.59. The average molecular weight is 326 g/mol. The number of hydrogen-bond donors (Lipinski definition) is 1. The second-order valence-corrected chi connectivity index (χ2v) is 11.5. The molecule has 1 aromatic carbocycles. The van der Waals surface area contributed by atoms with Gasteiger partial charge < -0.3 is 9.74 Å². The Morgan fingerprint density at radius 2 is 2.05 bits per heavy atom. The number of non-ortho nitro benzene ring substituents is 1. The molecule has 0 unspecified atom stereocenters. The smallest absolute Gasteiger partial charge is 0.269 e. The largest absolute Gasteiger partial charge is 0.412 e. The molecule has 1 N–H and O–H groups in total. The van der Waals surface area contributed by atoms with Crippen LogP contribution in [0.2, 0.25) is 18.1 Å². The van der Waals surface area contributed by atoms with Crippen molar-refractivity contribution in [2.24, 2.45) is 0 Å². The van der Waals surface area contributed by atoms with Gasteiger partial charge in [-0.05, 0) is 24.2 Å². The van der Waals surface area contributed by atoms with Crippen LogP contribution in [0, 0.1) is 10.1 Å². The molecule has 0 bridgehead atoms. The Morgan fingerprint density at radius 3 is 2.52 bits per heavy atom. The van der Waals surface area contributed by atoms with E-state index < -0.39 is 13.2 Å². The van der Waals surface area contributed by atoms with Crippen LogP contribution in [0.25, 0.3) is 0 Å². The maximum atomic E-state index is 10.9. The standard InChI is InChI=1S/C14H22N2O3SSi/c1-14(2,3)21(4,5)19-9-11-8-12(16(17)18)6-7-13(11)15-10-20/h6-8,10H,9H2,1-5H3,(H,15,20). The molecule has 0 radical (unpaired) electrons. The monoisotopic (exact) mass is 326 g/mol. The van der Waals surface area contributed by atoms with Gasteiger partial charge in [0, 0.05) is 23.4 Å². The fourth-order valence-electron chi connectivity index (χ4n) is 1.49. The highest BCUT2D eigenvalue weighted by molar-refractivity contribution is 7.79. The van der Waals surface area contributed by atoms with Gasteiger partial charge in [-0.15, -0.1) is 0 Å². The lowest BCUT2D eigenvalue weighted by atomic mass is 10.1. The molecule has 0 aliphatic rings. The van der Waals surface area contributed by atoms with E-state index in [1.54, 1.807) is 6.07 Å². The van der Waals surface area contributed by atoms with Crippen molar-refractivity contribution in [3.63, 3.8) is 0 Å². The molecule has 0 saturated heterocycles. The topological polar surface area (TPSA) is 64.4 Å². The number of benzene rings is 1. The van der Waals surface area contributed by atoms with E-state index in [2.05, 4.69) is 39.2 Å². The van der Waals surface area contributed by atoms with Crippen LogP contribution in [0.3, 0.4) is 0 Å². The van der Waals surface area contributed by atoms with Gasteiger partial charge in [-0.25, -0.2) is 0 Å². The number of nitrogens with one attached hydrogen (secondary N) is 1. The van der Waals surface area contributed by atoms with Gasteiger partial charge in [0.15, 0.2) is 8.32 Å². The van der Waals surface area contributed by atoms with Gasteiger partial charge in [-0.3, -0.25) is 10.1 Å². The van der Waals surface area contributed by atoms with E-state index in [1.807, 2.05) is 0 Å². The lowest BCUT2D eigenvalue weighted by Gasteiger charge is -2.36. The Kier molecular flexibility index (Phi) is 5.60. The van der Waals surface area contributed by atoms with Gasteiger partial charge in [0.2, 0.25) is 0 Å². The predicted molar refractivity (Wildman–Crippen MR) is 92.4 cm³/mol. The van der Waals surface area contributed by atoms with E-state index in [1.165, 1.54) is 17.6 Å². The number of rotatable bonds is 6. The van der Waals surface area contributed by atoms with Crippen molar-refractivity contribution in [3.8, 4) is 0 Å². The van der Waals surface area contributed by atoms with Crippen molar-refractivity contribution >= 4 is 37.4 Å². The summed E-state index contributed by atoms with van der Waals surface area (Å²) in [5.74, 6) is 0. The van der Waals surface area contributed by atoms with Crippen molar-refractivity contribution in [1.29, 1.82) is 0 Å². The third-order valence-electron chi connectivity index (χ3n) is 3.91. The zero-order valence-corrected chi connectivity index (χ0v) is 14.9. The molecule has 5 nitrogen and oxygen atoms in total. The fourth-order valence-corrected chi connectivity index (χ4v) is 2.57. The van der Waals surface area contributed by atoms with Crippen LogP contribution < -0.4 is 5.32 Å². The van der Waals surface area contributed by atoms with Crippen LogP contribution in [0.5, 0.6) is 0 Å². The molecule has 0 saturated carbocycles. The number of nitro benzene ring substituents is 1. The van der Waals surface area contributed by atoms with Crippen molar-refractivity contribution in [3.05, 3.63) is 33.9 Å². The van der Waals surface area contributed by atoms with Crippen LogP contribution >= 0.6 is 12.2 Å². The Balaban J connectivity index is 3.02. The highest BCUT2D eigenvalue weighted by Crippen LogP contribution is 2.37. The normalized spacial score (nSPS) is 12.0. The van der Waals surface area contributed by atoms with Crippen LogP contribution in [0.1, 0.15) is 26.3 Å². The summed E-state index contributed by atoms with van der Waals surface area (Å²) in [7, 11) is -1.91. The van der Waals surface area contributed by atoms with Gasteiger partial charge in [-0.1, -0.05) is 33.0 Å². The van der Waals surface area contributed by atoms with E-state index in [4.69, 9.17) is 16.6 Å². The molecule has 0 spiro atoms. The molecule has 7 heteroatoms. The second kappa shape index (κ2) is 6.63. The summed E-state index contributed by atoms with van der Waals surface area (Å²) >= 11 is 4.79. The first-order valence-electron chi connectivity index (χ1n) is 6.70.